The Balaban J connectivity index is 1.66. The van der Waals surface area contributed by atoms with Gasteiger partial charge in [0.15, 0.2) is 0 Å². The van der Waals surface area contributed by atoms with Crippen LogP contribution in [0.15, 0.2) is 12.3 Å². The van der Waals surface area contributed by atoms with E-state index in [9.17, 15) is 9.90 Å². The Morgan fingerprint density at radius 1 is 1.47 bits per heavy atom. The van der Waals surface area contributed by atoms with E-state index in [-0.39, 0.29) is 18.1 Å². The monoisotopic (exact) mass is 233 g/mol. The largest absolute Gasteiger partial charge is 0.391 e. The Labute approximate surface area is 98.8 Å². The van der Waals surface area contributed by atoms with E-state index in [0.717, 1.165) is 19.4 Å². The van der Waals surface area contributed by atoms with E-state index < -0.39 is 0 Å². The van der Waals surface area contributed by atoms with E-state index in [1.165, 1.54) is 0 Å². The summed E-state index contributed by atoms with van der Waals surface area (Å²) in [5.41, 5.74) is 0.530. The quantitative estimate of drug-likeness (QED) is 0.730. The molecule has 17 heavy (non-hydrogen) atoms. The molecule has 0 radical (unpaired) electrons. The molecule has 0 aromatic carbocycles. The van der Waals surface area contributed by atoms with Gasteiger partial charge in [-0.3, -0.25) is 9.89 Å². The Bertz CT molecular complexity index is 456. The summed E-state index contributed by atoms with van der Waals surface area (Å²) in [6.07, 6.45) is 3.47. The summed E-state index contributed by atoms with van der Waals surface area (Å²) in [5.74, 6) is 1.55. The van der Waals surface area contributed by atoms with Crippen LogP contribution in [0.4, 0.5) is 0 Å². The van der Waals surface area contributed by atoms with E-state index in [1.807, 2.05) is 4.90 Å². The van der Waals surface area contributed by atoms with E-state index in [0.29, 0.717) is 23.4 Å². The van der Waals surface area contributed by atoms with Crippen LogP contribution >= 0.6 is 0 Å². The van der Waals surface area contributed by atoms with Crippen LogP contribution in [-0.4, -0.2) is 44.8 Å². The number of fused-ring (bicyclic) bond motifs is 1. The molecule has 2 N–H and O–H groups in total. The molecular weight excluding hydrogens is 218 g/mol. The first-order chi connectivity index (χ1) is 8.25. The molecule has 1 aliphatic heterocycles. The fourth-order valence-corrected chi connectivity index (χ4v) is 4.18. The molecule has 2 saturated carbocycles. The second-order valence-electron chi connectivity index (χ2n) is 5.56. The number of carbonyl (C=O) groups is 1. The van der Waals surface area contributed by atoms with Crippen molar-refractivity contribution in [3.05, 3.63) is 18.0 Å². The Hall–Kier alpha value is -1.36. The molecule has 1 amide bonds. The van der Waals surface area contributed by atoms with Gasteiger partial charge < -0.3 is 10.0 Å². The van der Waals surface area contributed by atoms with Gasteiger partial charge in [-0.1, -0.05) is 0 Å². The maximum atomic E-state index is 12.3. The number of amides is 1. The highest BCUT2D eigenvalue weighted by atomic mass is 16.3. The van der Waals surface area contributed by atoms with Gasteiger partial charge in [0.1, 0.15) is 5.69 Å². The number of hydrogen-bond acceptors (Lipinski definition) is 3. The third-order valence-corrected chi connectivity index (χ3v) is 4.84. The van der Waals surface area contributed by atoms with Crippen LogP contribution in [0, 0.1) is 17.8 Å². The van der Waals surface area contributed by atoms with Gasteiger partial charge in [0.25, 0.3) is 5.91 Å². The van der Waals surface area contributed by atoms with Crippen LogP contribution < -0.4 is 0 Å². The van der Waals surface area contributed by atoms with Crippen molar-refractivity contribution >= 4 is 5.91 Å². The highest BCUT2D eigenvalue weighted by Crippen LogP contribution is 2.55. The van der Waals surface area contributed by atoms with Crippen LogP contribution in [0.3, 0.4) is 0 Å². The van der Waals surface area contributed by atoms with E-state index in [4.69, 9.17) is 0 Å². The Morgan fingerprint density at radius 3 is 3.06 bits per heavy atom. The van der Waals surface area contributed by atoms with Crippen molar-refractivity contribution in [2.75, 3.05) is 6.54 Å². The normalized spacial score (nSPS) is 42.4. The minimum atomic E-state index is -0.314. The summed E-state index contributed by atoms with van der Waals surface area (Å²) < 4.78 is 0. The first kappa shape index (κ1) is 9.65. The van der Waals surface area contributed by atoms with Crippen LogP contribution in [0.1, 0.15) is 23.3 Å². The topological polar surface area (TPSA) is 69.2 Å². The first-order valence-electron chi connectivity index (χ1n) is 6.24. The van der Waals surface area contributed by atoms with Crippen molar-refractivity contribution in [3.8, 4) is 0 Å². The number of nitrogens with one attached hydrogen (secondary N) is 1. The molecule has 5 nitrogen and oxygen atoms in total. The average molecular weight is 233 g/mol. The SMILES string of the molecule is O=C(c1ccn[nH]1)N1CC2CC3CC2C1C3O. The second kappa shape index (κ2) is 3.10. The fraction of sp³-hybridized carbons (Fsp3) is 0.667. The summed E-state index contributed by atoms with van der Waals surface area (Å²) in [7, 11) is 0. The van der Waals surface area contributed by atoms with Crippen LogP contribution in [-0.2, 0) is 0 Å². The van der Waals surface area contributed by atoms with E-state index in [1.54, 1.807) is 12.3 Å². The molecule has 2 bridgehead atoms. The maximum Gasteiger partial charge on any atom is 0.272 e. The molecule has 3 fully saturated rings. The van der Waals surface area contributed by atoms with Crippen molar-refractivity contribution in [2.24, 2.45) is 17.8 Å². The van der Waals surface area contributed by atoms with Crippen molar-refractivity contribution < 1.29 is 9.90 Å². The molecule has 4 rings (SSSR count). The lowest BCUT2D eigenvalue weighted by atomic mass is 9.88. The first-order valence-corrected chi connectivity index (χ1v) is 6.24. The van der Waals surface area contributed by atoms with Gasteiger partial charge in [0.2, 0.25) is 0 Å². The Morgan fingerprint density at radius 2 is 2.35 bits per heavy atom. The zero-order valence-corrected chi connectivity index (χ0v) is 9.41. The van der Waals surface area contributed by atoms with Gasteiger partial charge in [-0.2, -0.15) is 5.10 Å². The summed E-state index contributed by atoms with van der Waals surface area (Å²) >= 11 is 0. The molecule has 1 aromatic rings. The molecular formula is C12H15N3O2. The number of hydrogen-bond donors (Lipinski definition) is 2. The predicted molar refractivity (Wildman–Crippen MR) is 59.1 cm³/mol. The molecule has 5 unspecified atom stereocenters. The predicted octanol–water partition coefficient (Wildman–Crippen LogP) is 0.251. The smallest absolute Gasteiger partial charge is 0.272 e. The molecule has 90 valence electrons. The van der Waals surface area contributed by atoms with Crippen molar-refractivity contribution in [3.63, 3.8) is 0 Å². The minimum absolute atomic E-state index is 0.0124. The fourth-order valence-electron chi connectivity index (χ4n) is 4.18. The van der Waals surface area contributed by atoms with Crippen molar-refractivity contribution in [1.82, 2.24) is 15.1 Å². The van der Waals surface area contributed by atoms with E-state index in [2.05, 4.69) is 10.2 Å². The molecule has 2 aliphatic carbocycles. The highest BCUT2D eigenvalue weighted by Gasteiger charge is 2.60. The summed E-state index contributed by atoms with van der Waals surface area (Å²) in [6, 6.07) is 1.75. The average Bonchev–Trinajstić information content (AvgIpc) is 3.02. The number of H-pyrrole nitrogens is 1. The number of aromatic amines is 1. The molecule has 5 heteroatoms. The molecule has 2 heterocycles. The number of likely N-dealkylation sites (tertiary alicyclic amines) is 1. The molecule has 1 aromatic heterocycles. The van der Waals surface area contributed by atoms with Crippen molar-refractivity contribution in [2.45, 2.75) is 25.0 Å². The molecule has 5 atom stereocenters. The van der Waals surface area contributed by atoms with Gasteiger partial charge in [0.05, 0.1) is 12.1 Å². The zero-order valence-electron chi connectivity index (χ0n) is 9.41. The number of aliphatic hydroxyl groups is 1. The van der Waals surface area contributed by atoms with Crippen molar-refractivity contribution in [1.29, 1.82) is 0 Å². The molecule has 3 aliphatic rings. The third-order valence-electron chi connectivity index (χ3n) is 4.84. The summed E-state index contributed by atoms with van der Waals surface area (Å²) in [6.45, 7) is 0.806. The lowest BCUT2D eigenvalue weighted by Gasteiger charge is -2.28. The minimum Gasteiger partial charge on any atom is -0.391 e. The lowest BCUT2D eigenvalue weighted by Crippen LogP contribution is -2.43. The van der Waals surface area contributed by atoms with Gasteiger partial charge in [0, 0.05) is 12.7 Å². The number of aromatic nitrogens is 2. The van der Waals surface area contributed by atoms with Gasteiger partial charge in [-0.15, -0.1) is 0 Å². The van der Waals surface area contributed by atoms with Gasteiger partial charge >= 0.3 is 0 Å². The standard InChI is InChI=1S/C12H15N3O2/c16-11-6-3-7-5-15(10(11)8(7)4-6)12(17)9-1-2-13-14-9/h1-2,6-8,10-11,16H,3-5H2,(H,13,14). The molecule has 1 saturated heterocycles. The maximum absolute atomic E-state index is 12.3. The molecule has 0 spiro atoms. The Kier molecular flexibility index (Phi) is 1.76. The van der Waals surface area contributed by atoms with Gasteiger partial charge in [-0.05, 0) is 36.7 Å². The third kappa shape index (κ3) is 1.12. The zero-order chi connectivity index (χ0) is 11.6. The lowest BCUT2D eigenvalue weighted by molar-refractivity contribution is 0.0398. The highest BCUT2D eigenvalue weighted by molar-refractivity contribution is 5.92. The number of rotatable bonds is 1. The van der Waals surface area contributed by atoms with Crippen LogP contribution in [0.5, 0.6) is 0 Å². The summed E-state index contributed by atoms with van der Waals surface area (Å²) in [5, 5.41) is 16.7. The second-order valence-corrected chi connectivity index (χ2v) is 5.56. The van der Waals surface area contributed by atoms with Crippen LogP contribution in [0.25, 0.3) is 0 Å². The number of nitrogens with zero attached hydrogens (tertiary/aromatic N) is 2. The summed E-state index contributed by atoms with van der Waals surface area (Å²) in [4.78, 5) is 14.2. The van der Waals surface area contributed by atoms with Crippen LogP contribution in [0.2, 0.25) is 0 Å². The van der Waals surface area contributed by atoms with E-state index >= 15 is 0 Å². The number of aliphatic hydroxyl groups excluding tert-OH is 1. The van der Waals surface area contributed by atoms with Gasteiger partial charge in [-0.25, -0.2) is 0 Å². The number of carbonyl (C=O) groups excluding carboxylic acids is 1.